The SMILES string of the molecule is CC1c2ccccc2C(F)(F)C1(C)C. The fourth-order valence-corrected chi connectivity index (χ4v) is 2.17. The second kappa shape index (κ2) is 2.56. The maximum Gasteiger partial charge on any atom is 0.279 e. The molecule has 1 atom stereocenters. The van der Waals surface area contributed by atoms with Gasteiger partial charge in [0.1, 0.15) is 0 Å². The smallest absolute Gasteiger partial charge is 0.201 e. The Kier molecular flexibility index (Phi) is 1.76. The van der Waals surface area contributed by atoms with Crippen LogP contribution in [0.2, 0.25) is 0 Å². The van der Waals surface area contributed by atoms with Gasteiger partial charge in [-0.15, -0.1) is 0 Å². The standard InChI is InChI=1S/C12H14F2/c1-8-9-6-4-5-7-10(9)12(13,14)11(8,2)3/h4-8H,1-3H3. The van der Waals surface area contributed by atoms with E-state index in [0.717, 1.165) is 5.56 Å². The zero-order chi connectivity index (χ0) is 10.6. The molecule has 0 radical (unpaired) electrons. The maximum absolute atomic E-state index is 14.0. The molecule has 1 aliphatic carbocycles. The fourth-order valence-electron chi connectivity index (χ4n) is 2.17. The quantitative estimate of drug-likeness (QED) is 0.590. The van der Waals surface area contributed by atoms with E-state index < -0.39 is 11.3 Å². The van der Waals surface area contributed by atoms with Crippen LogP contribution in [-0.4, -0.2) is 0 Å². The van der Waals surface area contributed by atoms with Gasteiger partial charge in [0.15, 0.2) is 0 Å². The third-order valence-electron chi connectivity index (χ3n) is 3.66. The summed E-state index contributed by atoms with van der Waals surface area (Å²) in [5.41, 5.74) is 0.0245. The number of rotatable bonds is 0. The highest BCUT2D eigenvalue weighted by Gasteiger charge is 2.58. The molecule has 2 heteroatoms. The van der Waals surface area contributed by atoms with Crippen LogP contribution in [0.1, 0.15) is 37.8 Å². The summed E-state index contributed by atoms with van der Waals surface area (Å²) in [6, 6.07) is 6.86. The molecule has 0 N–H and O–H groups in total. The molecule has 76 valence electrons. The molecule has 14 heavy (non-hydrogen) atoms. The van der Waals surface area contributed by atoms with Gasteiger partial charge in [-0.3, -0.25) is 0 Å². The molecule has 0 heterocycles. The van der Waals surface area contributed by atoms with Gasteiger partial charge in [0.25, 0.3) is 5.92 Å². The van der Waals surface area contributed by atoms with E-state index in [2.05, 4.69) is 0 Å². The van der Waals surface area contributed by atoms with Crippen LogP contribution in [-0.2, 0) is 5.92 Å². The first kappa shape index (κ1) is 9.63. The summed E-state index contributed by atoms with van der Waals surface area (Å²) < 4.78 is 27.9. The molecule has 0 bridgehead atoms. The van der Waals surface area contributed by atoms with Gasteiger partial charge in [-0.2, -0.15) is 0 Å². The minimum absolute atomic E-state index is 0.0892. The van der Waals surface area contributed by atoms with Crippen molar-refractivity contribution < 1.29 is 8.78 Å². The minimum atomic E-state index is -2.71. The number of halogens is 2. The summed E-state index contributed by atoms with van der Waals surface area (Å²) in [5, 5.41) is 0. The van der Waals surface area contributed by atoms with E-state index in [1.807, 2.05) is 19.1 Å². The Morgan fingerprint density at radius 3 is 2.29 bits per heavy atom. The zero-order valence-electron chi connectivity index (χ0n) is 8.64. The van der Waals surface area contributed by atoms with E-state index >= 15 is 0 Å². The molecule has 0 saturated carbocycles. The predicted molar refractivity (Wildman–Crippen MR) is 52.5 cm³/mol. The first-order valence-electron chi connectivity index (χ1n) is 4.86. The highest BCUT2D eigenvalue weighted by molar-refractivity contribution is 5.42. The van der Waals surface area contributed by atoms with E-state index in [1.54, 1.807) is 26.0 Å². The largest absolute Gasteiger partial charge is 0.279 e. The Balaban J connectivity index is 2.68. The van der Waals surface area contributed by atoms with Gasteiger partial charge in [-0.25, -0.2) is 8.78 Å². The van der Waals surface area contributed by atoms with Crippen LogP contribution < -0.4 is 0 Å². The summed E-state index contributed by atoms with van der Waals surface area (Å²) in [6.07, 6.45) is 0. The average molecular weight is 196 g/mol. The number of fused-ring (bicyclic) bond motifs is 1. The third-order valence-corrected chi connectivity index (χ3v) is 3.66. The molecule has 1 aromatic carbocycles. The molecule has 2 rings (SSSR count). The highest BCUT2D eigenvalue weighted by atomic mass is 19.3. The first-order valence-corrected chi connectivity index (χ1v) is 4.86. The maximum atomic E-state index is 14.0. The second-order valence-electron chi connectivity index (χ2n) is 4.61. The molecule has 0 amide bonds. The number of benzene rings is 1. The van der Waals surface area contributed by atoms with Crippen molar-refractivity contribution in [3.8, 4) is 0 Å². The van der Waals surface area contributed by atoms with E-state index in [9.17, 15) is 8.78 Å². The lowest BCUT2D eigenvalue weighted by Gasteiger charge is -2.30. The molecule has 0 spiro atoms. The lowest BCUT2D eigenvalue weighted by molar-refractivity contribution is -0.107. The Hall–Kier alpha value is -0.920. The van der Waals surface area contributed by atoms with Crippen molar-refractivity contribution >= 4 is 0 Å². The Labute approximate surface area is 82.9 Å². The summed E-state index contributed by atoms with van der Waals surface area (Å²) in [7, 11) is 0. The highest BCUT2D eigenvalue weighted by Crippen LogP contribution is 2.60. The Bertz CT molecular complexity index is 366. The van der Waals surface area contributed by atoms with Gasteiger partial charge in [-0.1, -0.05) is 45.0 Å². The molecule has 0 aliphatic heterocycles. The van der Waals surface area contributed by atoms with Crippen molar-refractivity contribution in [2.24, 2.45) is 5.41 Å². The number of hydrogen-bond donors (Lipinski definition) is 0. The van der Waals surface area contributed by atoms with Gasteiger partial charge in [0, 0.05) is 11.0 Å². The average Bonchev–Trinajstić information content (AvgIpc) is 2.27. The molecular formula is C12H14F2. The van der Waals surface area contributed by atoms with Gasteiger partial charge >= 0.3 is 0 Å². The second-order valence-corrected chi connectivity index (χ2v) is 4.61. The van der Waals surface area contributed by atoms with E-state index in [-0.39, 0.29) is 11.5 Å². The molecule has 0 fully saturated rings. The summed E-state index contributed by atoms with van der Waals surface area (Å²) in [4.78, 5) is 0. The topological polar surface area (TPSA) is 0 Å². The van der Waals surface area contributed by atoms with Crippen LogP contribution >= 0.6 is 0 Å². The van der Waals surface area contributed by atoms with E-state index in [1.165, 1.54) is 0 Å². The Morgan fingerprint density at radius 1 is 1.14 bits per heavy atom. The van der Waals surface area contributed by atoms with Crippen molar-refractivity contribution in [3.63, 3.8) is 0 Å². The van der Waals surface area contributed by atoms with Crippen molar-refractivity contribution in [2.45, 2.75) is 32.6 Å². The number of alkyl halides is 2. The van der Waals surface area contributed by atoms with Crippen molar-refractivity contribution in [1.82, 2.24) is 0 Å². The summed E-state index contributed by atoms with van der Waals surface area (Å²) in [5.74, 6) is -2.79. The van der Waals surface area contributed by atoms with Gasteiger partial charge in [0.05, 0.1) is 0 Å². The van der Waals surface area contributed by atoms with E-state index in [0.29, 0.717) is 0 Å². The minimum Gasteiger partial charge on any atom is -0.201 e. The lowest BCUT2D eigenvalue weighted by atomic mass is 9.79. The zero-order valence-corrected chi connectivity index (χ0v) is 8.64. The normalized spacial score (nSPS) is 27.4. The van der Waals surface area contributed by atoms with Crippen LogP contribution in [0.4, 0.5) is 8.78 Å². The van der Waals surface area contributed by atoms with Gasteiger partial charge in [0.2, 0.25) is 0 Å². The van der Waals surface area contributed by atoms with Crippen LogP contribution in [0.5, 0.6) is 0 Å². The first-order chi connectivity index (χ1) is 6.39. The monoisotopic (exact) mass is 196 g/mol. The lowest BCUT2D eigenvalue weighted by Crippen LogP contribution is -2.31. The van der Waals surface area contributed by atoms with Crippen molar-refractivity contribution in [1.29, 1.82) is 0 Å². The molecule has 0 saturated heterocycles. The molecule has 0 aromatic heterocycles. The molecule has 1 aliphatic rings. The molecule has 1 unspecified atom stereocenters. The van der Waals surface area contributed by atoms with Crippen molar-refractivity contribution in [2.75, 3.05) is 0 Å². The molecule has 1 aromatic rings. The van der Waals surface area contributed by atoms with Crippen LogP contribution in [0.15, 0.2) is 24.3 Å². The van der Waals surface area contributed by atoms with Crippen LogP contribution in [0.3, 0.4) is 0 Å². The Morgan fingerprint density at radius 2 is 1.71 bits per heavy atom. The summed E-state index contributed by atoms with van der Waals surface area (Å²) in [6.45, 7) is 5.15. The van der Waals surface area contributed by atoms with Gasteiger partial charge in [-0.05, 0) is 11.5 Å². The summed E-state index contributed by atoms with van der Waals surface area (Å²) >= 11 is 0. The number of hydrogen-bond acceptors (Lipinski definition) is 0. The van der Waals surface area contributed by atoms with Crippen LogP contribution in [0, 0.1) is 5.41 Å². The third kappa shape index (κ3) is 0.915. The predicted octanol–water partition coefficient (Wildman–Crippen LogP) is 3.92. The van der Waals surface area contributed by atoms with Gasteiger partial charge < -0.3 is 0 Å². The van der Waals surface area contributed by atoms with Crippen LogP contribution in [0.25, 0.3) is 0 Å². The molecule has 0 nitrogen and oxygen atoms in total. The van der Waals surface area contributed by atoms with E-state index in [4.69, 9.17) is 0 Å². The molecular weight excluding hydrogens is 182 g/mol. The van der Waals surface area contributed by atoms with Crippen molar-refractivity contribution in [3.05, 3.63) is 35.4 Å². The fraction of sp³-hybridized carbons (Fsp3) is 0.500.